The summed E-state index contributed by atoms with van der Waals surface area (Å²) >= 11 is 0. The van der Waals surface area contributed by atoms with Crippen LogP contribution in [0.1, 0.15) is 33.6 Å². The van der Waals surface area contributed by atoms with E-state index in [2.05, 4.69) is 4.74 Å². The van der Waals surface area contributed by atoms with Crippen LogP contribution in [-0.4, -0.2) is 11.8 Å². The van der Waals surface area contributed by atoms with Gasteiger partial charge in [0.05, 0.1) is 0 Å². The predicted molar refractivity (Wildman–Crippen MR) is 47.9 cm³/mol. The third kappa shape index (κ3) is 2.68. The van der Waals surface area contributed by atoms with Gasteiger partial charge in [0.15, 0.2) is 5.78 Å². The van der Waals surface area contributed by atoms with Crippen molar-refractivity contribution in [3.05, 3.63) is 11.8 Å². The van der Waals surface area contributed by atoms with Crippen LogP contribution in [0, 0.1) is 5.41 Å². The molecule has 72 valence electrons. The molecule has 0 N–H and O–H groups in total. The second-order valence-electron chi connectivity index (χ2n) is 4.19. The number of allylic oxidation sites excluding steroid dienone is 1. The lowest BCUT2D eigenvalue weighted by Gasteiger charge is -2.12. The van der Waals surface area contributed by atoms with E-state index in [0.29, 0.717) is 18.4 Å². The van der Waals surface area contributed by atoms with Gasteiger partial charge in [-0.3, -0.25) is 9.59 Å². The van der Waals surface area contributed by atoms with Crippen LogP contribution >= 0.6 is 0 Å². The Bertz CT molecular complexity index is 274. The first-order valence-corrected chi connectivity index (χ1v) is 4.30. The van der Waals surface area contributed by atoms with E-state index in [1.54, 1.807) is 0 Å². The van der Waals surface area contributed by atoms with Crippen molar-refractivity contribution in [1.29, 1.82) is 0 Å². The zero-order valence-electron chi connectivity index (χ0n) is 8.22. The maximum atomic E-state index is 11.3. The number of hydrogen-bond acceptors (Lipinski definition) is 3. The SMILES string of the molecule is CC(=O)O/C=C1/CC(C)(C)CC1=O. The average molecular weight is 182 g/mol. The van der Waals surface area contributed by atoms with Crippen LogP contribution < -0.4 is 0 Å². The molecule has 0 aromatic carbocycles. The molecule has 0 bridgehead atoms. The molecule has 1 aliphatic rings. The fourth-order valence-corrected chi connectivity index (χ4v) is 1.49. The minimum Gasteiger partial charge on any atom is -0.434 e. The smallest absolute Gasteiger partial charge is 0.307 e. The number of carbonyl (C=O) groups is 2. The second-order valence-corrected chi connectivity index (χ2v) is 4.19. The summed E-state index contributed by atoms with van der Waals surface area (Å²) in [5.74, 6) is -0.295. The minimum absolute atomic E-state index is 0.0169. The van der Waals surface area contributed by atoms with Gasteiger partial charge in [-0.25, -0.2) is 0 Å². The van der Waals surface area contributed by atoms with Crippen LogP contribution in [0.15, 0.2) is 11.8 Å². The zero-order chi connectivity index (χ0) is 10.1. The quantitative estimate of drug-likeness (QED) is 0.353. The summed E-state index contributed by atoms with van der Waals surface area (Å²) in [5.41, 5.74) is 0.642. The summed E-state index contributed by atoms with van der Waals surface area (Å²) in [6.07, 6.45) is 2.53. The fourth-order valence-electron chi connectivity index (χ4n) is 1.49. The van der Waals surface area contributed by atoms with Crippen molar-refractivity contribution in [3.63, 3.8) is 0 Å². The summed E-state index contributed by atoms with van der Waals surface area (Å²) in [7, 11) is 0. The lowest BCUT2D eigenvalue weighted by molar-refractivity contribution is -0.135. The molecule has 0 spiro atoms. The molecule has 0 saturated heterocycles. The standard InChI is InChI=1S/C10H14O3/c1-7(11)13-6-8-4-10(2,3)5-9(8)12/h6H,4-5H2,1-3H3/b8-6-. The van der Waals surface area contributed by atoms with Gasteiger partial charge in [0.25, 0.3) is 0 Å². The van der Waals surface area contributed by atoms with Crippen LogP contribution in [0.4, 0.5) is 0 Å². The maximum Gasteiger partial charge on any atom is 0.307 e. The van der Waals surface area contributed by atoms with Crippen molar-refractivity contribution in [3.8, 4) is 0 Å². The van der Waals surface area contributed by atoms with Crippen LogP contribution in [0.25, 0.3) is 0 Å². The van der Waals surface area contributed by atoms with E-state index < -0.39 is 0 Å². The Labute approximate surface area is 77.8 Å². The first-order chi connectivity index (χ1) is 5.91. The summed E-state index contributed by atoms with van der Waals surface area (Å²) in [6.45, 7) is 5.38. The van der Waals surface area contributed by atoms with Crippen molar-refractivity contribution in [2.24, 2.45) is 5.41 Å². The van der Waals surface area contributed by atoms with Gasteiger partial charge in [-0.2, -0.15) is 0 Å². The molecule has 13 heavy (non-hydrogen) atoms. The predicted octanol–water partition coefficient (Wildman–Crippen LogP) is 1.82. The lowest BCUT2D eigenvalue weighted by Crippen LogP contribution is -2.04. The highest BCUT2D eigenvalue weighted by Crippen LogP contribution is 2.37. The Morgan fingerprint density at radius 3 is 2.46 bits per heavy atom. The molecule has 1 fully saturated rings. The van der Waals surface area contributed by atoms with Gasteiger partial charge in [-0.1, -0.05) is 13.8 Å². The van der Waals surface area contributed by atoms with Crippen LogP contribution in [0.2, 0.25) is 0 Å². The summed E-state index contributed by atoms with van der Waals surface area (Å²) in [6, 6.07) is 0. The third-order valence-electron chi connectivity index (χ3n) is 2.03. The van der Waals surface area contributed by atoms with Crippen LogP contribution in [0.5, 0.6) is 0 Å². The Morgan fingerprint density at radius 1 is 1.46 bits per heavy atom. The number of esters is 1. The monoisotopic (exact) mass is 182 g/mol. The molecule has 1 rings (SSSR count). The van der Waals surface area contributed by atoms with Crippen LogP contribution in [0.3, 0.4) is 0 Å². The molecule has 0 radical (unpaired) electrons. The number of Topliss-reactive ketones (excluding diaryl/α,β-unsaturated/α-hetero) is 1. The summed E-state index contributed by atoms with van der Waals surface area (Å²) < 4.78 is 4.67. The number of rotatable bonds is 1. The number of ether oxygens (including phenoxy) is 1. The Hall–Kier alpha value is -1.12. The van der Waals surface area contributed by atoms with E-state index in [1.165, 1.54) is 13.2 Å². The average Bonchev–Trinajstić information content (AvgIpc) is 2.20. The van der Waals surface area contributed by atoms with Gasteiger partial charge in [-0.05, 0) is 11.8 Å². The number of hydrogen-bond donors (Lipinski definition) is 0. The topological polar surface area (TPSA) is 43.4 Å². The van der Waals surface area contributed by atoms with Crippen LogP contribution in [-0.2, 0) is 14.3 Å². The Balaban J connectivity index is 2.68. The van der Waals surface area contributed by atoms with Crippen molar-refractivity contribution < 1.29 is 14.3 Å². The molecule has 0 aliphatic heterocycles. The number of carbonyl (C=O) groups excluding carboxylic acids is 2. The largest absolute Gasteiger partial charge is 0.434 e. The van der Waals surface area contributed by atoms with Gasteiger partial charge in [0, 0.05) is 18.9 Å². The molecule has 0 unspecified atom stereocenters. The van der Waals surface area contributed by atoms with Crippen molar-refractivity contribution >= 4 is 11.8 Å². The van der Waals surface area contributed by atoms with Crippen molar-refractivity contribution in [2.45, 2.75) is 33.6 Å². The lowest BCUT2D eigenvalue weighted by atomic mass is 9.92. The van der Waals surface area contributed by atoms with E-state index in [1.807, 2.05) is 13.8 Å². The number of ketones is 1. The Morgan fingerprint density at radius 2 is 2.08 bits per heavy atom. The van der Waals surface area contributed by atoms with Gasteiger partial charge >= 0.3 is 5.97 Å². The molecule has 3 nitrogen and oxygen atoms in total. The highest BCUT2D eigenvalue weighted by atomic mass is 16.5. The summed E-state index contributed by atoms with van der Waals surface area (Å²) in [5, 5.41) is 0. The minimum atomic E-state index is -0.384. The second kappa shape index (κ2) is 3.32. The molecular weight excluding hydrogens is 168 g/mol. The molecule has 0 heterocycles. The summed E-state index contributed by atoms with van der Waals surface area (Å²) in [4.78, 5) is 21.8. The highest BCUT2D eigenvalue weighted by Gasteiger charge is 2.33. The van der Waals surface area contributed by atoms with E-state index >= 15 is 0 Å². The normalized spacial score (nSPS) is 23.6. The Kier molecular flexibility index (Phi) is 2.55. The van der Waals surface area contributed by atoms with E-state index in [4.69, 9.17) is 0 Å². The van der Waals surface area contributed by atoms with Gasteiger partial charge in [-0.15, -0.1) is 0 Å². The third-order valence-corrected chi connectivity index (χ3v) is 2.03. The molecule has 1 saturated carbocycles. The van der Waals surface area contributed by atoms with Gasteiger partial charge in [0.1, 0.15) is 6.26 Å². The molecule has 0 atom stereocenters. The molecule has 1 aliphatic carbocycles. The van der Waals surface area contributed by atoms with Crippen molar-refractivity contribution in [2.75, 3.05) is 0 Å². The first-order valence-electron chi connectivity index (χ1n) is 4.30. The molecule has 3 heteroatoms. The first kappa shape index (κ1) is 9.96. The van der Waals surface area contributed by atoms with E-state index in [0.717, 1.165) is 0 Å². The van der Waals surface area contributed by atoms with E-state index in [9.17, 15) is 9.59 Å². The molecular formula is C10H14O3. The fraction of sp³-hybridized carbons (Fsp3) is 0.600. The highest BCUT2D eigenvalue weighted by molar-refractivity contribution is 5.98. The molecule has 0 amide bonds. The maximum absolute atomic E-state index is 11.3. The molecule has 0 aromatic heterocycles. The van der Waals surface area contributed by atoms with Gasteiger partial charge < -0.3 is 4.74 Å². The zero-order valence-corrected chi connectivity index (χ0v) is 8.22. The molecule has 0 aromatic rings. The van der Waals surface area contributed by atoms with Crippen molar-refractivity contribution in [1.82, 2.24) is 0 Å². The van der Waals surface area contributed by atoms with E-state index in [-0.39, 0.29) is 17.2 Å². The van der Waals surface area contributed by atoms with Gasteiger partial charge in [0.2, 0.25) is 0 Å².